The number of aromatic nitrogens is 1. The average molecular weight is 300 g/mol. The van der Waals surface area contributed by atoms with E-state index >= 15 is 0 Å². The Morgan fingerprint density at radius 3 is 2.86 bits per heavy atom. The summed E-state index contributed by atoms with van der Waals surface area (Å²) in [5.74, 6) is -0.598. The van der Waals surface area contributed by atoms with E-state index in [1.807, 2.05) is 6.07 Å². The monoisotopic (exact) mass is 300 g/mol. The highest BCUT2D eigenvalue weighted by molar-refractivity contribution is 5.91. The summed E-state index contributed by atoms with van der Waals surface area (Å²) < 4.78 is 13.1. The molecule has 114 valence electrons. The molecule has 2 aromatic rings. The number of benzene rings is 1. The van der Waals surface area contributed by atoms with Gasteiger partial charge in [-0.3, -0.25) is 9.78 Å². The second-order valence-corrected chi connectivity index (χ2v) is 4.73. The summed E-state index contributed by atoms with van der Waals surface area (Å²) in [6.07, 6.45) is 6.26. The van der Waals surface area contributed by atoms with E-state index < -0.39 is 0 Å². The zero-order chi connectivity index (χ0) is 15.8. The Balaban J connectivity index is 2.06. The van der Waals surface area contributed by atoms with Gasteiger partial charge in [0.05, 0.1) is 6.61 Å². The Morgan fingerprint density at radius 2 is 2.18 bits per heavy atom. The molecule has 0 atom stereocenters. The van der Waals surface area contributed by atoms with Crippen molar-refractivity contribution in [3.05, 3.63) is 71.8 Å². The van der Waals surface area contributed by atoms with Crippen LogP contribution < -0.4 is 0 Å². The Hall–Kier alpha value is -2.53. The van der Waals surface area contributed by atoms with Crippen LogP contribution in [0.4, 0.5) is 4.39 Å². The third-order valence-electron chi connectivity index (χ3n) is 3.04. The lowest BCUT2D eigenvalue weighted by molar-refractivity contribution is -0.127. The van der Waals surface area contributed by atoms with Crippen LogP contribution in [0.25, 0.3) is 6.08 Å². The second-order valence-electron chi connectivity index (χ2n) is 4.73. The fourth-order valence-corrected chi connectivity index (χ4v) is 1.98. The number of amides is 1. The minimum absolute atomic E-state index is 0.125. The van der Waals surface area contributed by atoms with Crippen LogP contribution in [-0.2, 0) is 11.3 Å². The van der Waals surface area contributed by atoms with Crippen LogP contribution in [0.1, 0.15) is 11.1 Å². The lowest BCUT2D eigenvalue weighted by atomic mass is 10.2. The Bertz CT molecular complexity index is 644. The number of rotatable bonds is 6. The molecule has 22 heavy (non-hydrogen) atoms. The molecule has 0 aliphatic rings. The van der Waals surface area contributed by atoms with E-state index in [0.717, 1.165) is 5.56 Å². The van der Waals surface area contributed by atoms with Crippen molar-refractivity contribution in [3.63, 3.8) is 0 Å². The molecule has 4 nitrogen and oxygen atoms in total. The predicted molar refractivity (Wildman–Crippen MR) is 82.2 cm³/mol. The van der Waals surface area contributed by atoms with Gasteiger partial charge in [0.15, 0.2) is 0 Å². The largest absolute Gasteiger partial charge is 0.395 e. The van der Waals surface area contributed by atoms with Crippen molar-refractivity contribution in [1.29, 1.82) is 0 Å². The van der Waals surface area contributed by atoms with Gasteiger partial charge in [-0.2, -0.15) is 0 Å². The first-order chi connectivity index (χ1) is 10.7. The number of pyridine rings is 1. The molecule has 0 saturated heterocycles. The molecular weight excluding hydrogens is 283 g/mol. The molecule has 0 spiro atoms. The summed E-state index contributed by atoms with van der Waals surface area (Å²) in [6.45, 7) is 0.460. The molecule has 0 bridgehead atoms. The first-order valence-corrected chi connectivity index (χ1v) is 6.91. The molecule has 1 aromatic heterocycles. The molecule has 1 N–H and O–H groups in total. The van der Waals surface area contributed by atoms with Gasteiger partial charge >= 0.3 is 0 Å². The maximum atomic E-state index is 13.1. The molecule has 1 amide bonds. The van der Waals surface area contributed by atoms with Crippen molar-refractivity contribution >= 4 is 12.0 Å². The Labute approximate surface area is 128 Å². The summed E-state index contributed by atoms with van der Waals surface area (Å²) in [6, 6.07) is 9.65. The normalized spacial score (nSPS) is 10.8. The van der Waals surface area contributed by atoms with Crippen molar-refractivity contribution in [3.8, 4) is 0 Å². The van der Waals surface area contributed by atoms with Crippen molar-refractivity contribution in [2.75, 3.05) is 13.2 Å². The molecule has 5 heteroatoms. The maximum absolute atomic E-state index is 13.1. The molecule has 1 heterocycles. The summed E-state index contributed by atoms with van der Waals surface area (Å²) in [5.41, 5.74) is 1.49. The molecule has 0 aliphatic heterocycles. The van der Waals surface area contributed by atoms with Gasteiger partial charge < -0.3 is 10.0 Å². The maximum Gasteiger partial charge on any atom is 0.246 e. The summed E-state index contributed by atoms with van der Waals surface area (Å²) >= 11 is 0. The molecule has 0 aliphatic carbocycles. The number of carbonyl (C=O) groups is 1. The number of hydrogen-bond acceptors (Lipinski definition) is 3. The van der Waals surface area contributed by atoms with E-state index in [4.69, 9.17) is 5.11 Å². The summed E-state index contributed by atoms with van der Waals surface area (Å²) in [7, 11) is 0. The highest BCUT2D eigenvalue weighted by atomic mass is 19.1. The van der Waals surface area contributed by atoms with Crippen LogP contribution in [0.2, 0.25) is 0 Å². The van der Waals surface area contributed by atoms with Gasteiger partial charge in [-0.15, -0.1) is 0 Å². The Morgan fingerprint density at radius 1 is 1.32 bits per heavy atom. The molecule has 0 fully saturated rings. The molecule has 1 aromatic carbocycles. The molecular formula is C17H17FN2O2. The SMILES string of the molecule is O=C(/C=C/c1cccc(F)c1)N(CCO)Cc1cccnc1. The van der Waals surface area contributed by atoms with Gasteiger partial charge in [-0.05, 0) is 35.4 Å². The van der Waals surface area contributed by atoms with Crippen LogP contribution in [0, 0.1) is 5.82 Å². The van der Waals surface area contributed by atoms with Gasteiger partial charge in [0, 0.05) is 31.6 Å². The number of hydrogen-bond donors (Lipinski definition) is 1. The highest BCUT2D eigenvalue weighted by Gasteiger charge is 2.10. The molecule has 0 saturated carbocycles. The fourth-order valence-electron chi connectivity index (χ4n) is 1.98. The average Bonchev–Trinajstić information content (AvgIpc) is 2.53. The summed E-state index contributed by atoms with van der Waals surface area (Å²) in [5, 5.41) is 9.10. The molecule has 0 radical (unpaired) electrons. The van der Waals surface area contributed by atoms with Crippen molar-refractivity contribution in [2.24, 2.45) is 0 Å². The molecule has 2 rings (SSSR count). The topological polar surface area (TPSA) is 53.4 Å². The van der Waals surface area contributed by atoms with Crippen LogP contribution in [0.15, 0.2) is 54.9 Å². The van der Waals surface area contributed by atoms with Crippen molar-refractivity contribution < 1.29 is 14.3 Å². The lowest BCUT2D eigenvalue weighted by Gasteiger charge is -2.20. The van der Waals surface area contributed by atoms with Crippen LogP contribution in [-0.4, -0.2) is 34.0 Å². The third-order valence-corrected chi connectivity index (χ3v) is 3.04. The minimum Gasteiger partial charge on any atom is -0.395 e. The summed E-state index contributed by atoms with van der Waals surface area (Å²) in [4.78, 5) is 17.7. The van der Waals surface area contributed by atoms with Gasteiger partial charge in [0.2, 0.25) is 5.91 Å². The number of nitrogens with zero attached hydrogens (tertiary/aromatic N) is 2. The number of aliphatic hydroxyl groups excluding tert-OH is 1. The number of carbonyl (C=O) groups excluding carboxylic acids is 1. The van der Waals surface area contributed by atoms with Crippen LogP contribution in [0.5, 0.6) is 0 Å². The lowest BCUT2D eigenvalue weighted by Crippen LogP contribution is -2.31. The predicted octanol–water partition coefficient (Wildman–Crippen LogP) is 2.25. The second kappa shape index (κ2) is 8.05. The van der Waals surface area contributed by atoms with Gasteiger partial charge in [-0.1, -0.05) is 18.2 Å². The standard InChI is InChI=1S/C17H17FN2O2/c18-16-5-1-3-14(11-16)6-7-17(22)20(9-10-21)13-15-4-2-8-19-12-15/h1-8,11-12,21H,9-10,13H2/b7-6+. The van der Waals surface area contributed by atoms with Gasteiger partial charge in [0.25, 0.3) is 0 Å². The van der Waals surface area contributed by atoms with Crippen molar-refractivity contribution in [2.45, 2.75) is 6.54 Å². The fraction of sp³-hybridized carbons (Fsp3) is 0.176. The van der Waals surface area contributed by atoms with Gasteiger partial charge in [0.1, 0.15) is 5.82 Å². The zero-order valence-electron chi connectivity index (χ0n) is 12.0. The number of halogens is 1. The molecule has 0 unspecified atom stereocenters. The third kappa shape index (κ3) is 4.79. The Kier molecular flexibility index (Phi) is 5.80. The van der Waals surface area contributed by atoms with E-state index in [1.54, 1.807) is 36.7 Å². The van der Waals surface area contributed by atoms with E-state index in [1.165, 1.54) is 23.1 Å². The zero-order valence-corrected chi connectivity index (χ0v) is 12.0. The van der Waals surface area contributed by atoms with Crippen LogP contribution >= 0.6 is 0 Å². The van der Waals surface area contributed by atoms with E-state index in [2.05, 4.69) is 4.98 Å². The number of aliphatic hydroxyl groups is 1. The van der Waals surface area contributed by atoms with E-state index in [9.17, 15) is 9.18 Å². The van der Waals surface area contributed by atoms with E-state index in [0.29, 0.717) is 12.1 Å². The van der Waals surface area contributed by atoms with Crippen LogP contribution in [0.3, 0.4) is 0 Å². The smallest absolute Gasteiger partial charge is 0.246 e. The van der Waals surface area contributed by atoms with Crippen molar-refractivity contribution in [1.82, 2.24) is 9.88 Å². The quantitative estimate of drug-likeness (QED) is 0.833. The first-order valence-electron chi connectivity index (χ1n) is 6.91. The van der Waals surface area contributed by atoms with E-state index in [-0.39, 0.29) is 24.9 Å². The van der Waals surface area contributed by atoms with Gasteiger partial charge in [-0.25, -0.2) is 4.39 Å². The highest BCUT2D eigenvalue weighted by Crippen LogP contribution is 2.08. The minimum atomic E-state index is -0.350. The first kappa shape index (κ1) is 15.9.